The number of rotatable bonds is 5. The molecule has 0 atom stereocenters. The van der Waals surface area contributed by atoms with Crippen LogP contribution in [0.15, 0.2) is 12.1 Å². The van der Waals surface area contributed by atoms with E-state index in [-0.39, 0.29) is 24.4 Å². The highest BCUT2D eigenvalue weighted by Gasteiger charge is 2.29. The Morgan fingerprint density at radius 1 is 1.33 bits per heavy atom. The molecule has 1 saturated carbocycles. The van der Waals surface area contributed by atoms with Crippen molar-refractivity contribution in [2.24, 2.45) is 0 Å². The van der Waals surface area contributed by atoms with Gasteiger partial charge in [0.25, 0.3) is 5.91 Å². The standard InChI is InChI=1S/C14H18N2O4S/c1-9(17)15-12-7-6-11(21-12)14(20)16(8-13(18)19)10-4-2-3-5-10/h6-7,10H,2-5,8H2,1H3,(H,15,17)(H,18,19). The number of amides is 2. The predicted octanol–water partition coefficient (Wildman–Crippen LogP) is 2.18. The number of carbonyl (C=O) groups is 3. The van der Waals surface area contributed by atoms with E-state index >= 15 is 0 Å². The van der Waals surface area contributed by atoms with Crippen molar-refractivity contribution in [2.75, 3.05) is 11.9 Å². The number of anilines is 1. The van der Waals surface area contributed by atoms with Gasteiger partial charge in [-0.25, -0.2) is 0 Å². The Morgan fingerprint density at radius 2 is 2.00 bits per heavy atom. The highest BCUT2D eigenvalue weighted by molar-refractivity contribution is 7.18. The van der Waals surface area contributed by atoms with Crippen molar-refractivity contribution >= 4 is 34.1 Å². The number of thiophene rings is 1. The van der Waals surface area contributed by atoms with Gasteiger partial charge in [0, 0.05) is 13.0 Å². The molecule has 0 aliphatic heterocycles. The molecule has 7 heteroatoms. The second-order valence-electron chi connectivity index (χ2n) is 5.11. The molecule has 2 N–H and O–H groups in total. The first-order chi connectivity index (χ1) is 9.97. The molecule has 0 radical (unpaired) electrons. The molecule has 2 amide bonds. The van der Waals surface area contributed by atoms with Crippen molar-refractivity contribution < 1.29 is 19.5 Å². The molecule has 0 aromatic carbocycles. The van der Waals surface area contributed by atoms with Gasteiger partial charge < -0.3 is 15.3 Å². The minimum atomic E-state index is -1.01. The number of hydrogen-bond acceptors (Lipinski definition) is 4. The topological polar surface area (TPSA) is 86.7 Å². The zero-order valence-electron chi connectivity index (χ0n) is 11.8. The summed E-state index contributed by atoms with van der Waals surface area (Å²) in [6.07, 6.45) is 3.75. The van der Waals surface area contributed by atoms with Crippen LogP contribution in [0.25, 0.3) is 0 Å². The Labute approximate surface area is 126 Å². The highest BCUT2D eigenvalue weighted by Crippen LogP contribution is 2.28. The van der Waals surface area contributed by atoms with Crippen LogP contribution < -0.4 is 5.32 Å². The summed E-state index contributed by atoms with van der Waals surface area (Å²) in [5.74, 6) is -1.48. The number of carbonyl (C=O) groups excluding carboxylic acids is 2. The van der Waals surface area contributed by atoms with Crippen LogP contribution in [0.1, 0.15) is 42.3 Å². The summed E-state index contributed by atoms with van der Waals surface area (Å²) in [5.41, 5.74) is 0. The van der Waals surface area contributed by atoms with Crippen LogP contribution in [-0.4, -0.2) is 40.4 Å². The first kappa shape index (κ1) is 15.5. The van der Waals surface area contributed by atoms with Crippen LogP contribution in [0.4, 0.5) is 5.00 Å². The Hall–Kier alpha value is -1.89. The molecule has 2 rings (SSSR count). The molecule has 0 unspecified atom stereocenters. The number of carboxylic acid groups (broad SMARTS) is 1. The highest BCUT2D eigenvalue weighted by atomic mass is 32.1. The lowest BCUT2D eigenvalue weighted by molar-refractivity contribution is -0.138. The normalized spacial score (nSPS) is 14.9. The van der Waals surface area contributed by atoms with Crippen LogP contribution >= 0.6 is 11.3 Å². The van der Waals surface area contributed by atoms with Gasteiger partial charge in [-0.2, -0.15) is 0 Å². The maximum absolute atomic E-state index is 12.5. The lowest BCUT2D eigenvalue weighted by Gasteiger charge is -2.26. The molecule has 6 nitrogen and oxygen atoms in total. The van der Waals surface area contributed by atoms with Gasteiger partial charge in [0.2, 0.25) is 5.91 Å². The van der Waals surface area contributed by atoms with E-state index < -0.39 is 5.97 Å². The van der Waals surface area contributed by atoms with Crippen LogP contribution in [-0.2, 0) is 9.59 Å². The molecule has 21 heavy (non-hydrogen) atoms. The van der Waals surface area contributed by atoms with E-state index in [1.807, 2.05) is 0 Å². The maximum Gasteiger partial charge on any atom is 0.323 e. The number of carboxylic acids is 1. The van der Waals surface area contributed by atoms with Crippen molar-refractivity contribution in [3.63, 3.8) is 0 Å². The molecular weight excluding hydrogens is 292 g/mol. The van der Waals surface area contributed by atoms with Crippen molar-refractivity contribution in [3.8, 4) is 0 Å². The summed E-state index contributed by atoms with van der Waals surface area (Å²) in [5, 5.41) is 12.2. The van der Waals surface area contributed by atoms with Gasteiger partial charge in [0.05, 0.1) is 9.88 Å². The molecular formula is C14H18N2O4S. The van der Waals surface area contributed by atoms with E-state index in [2.05, 4.69) is 5.32 Å². The predicted molar refractivity (Wildman–Crippen MR) is 79.6 cm³/mol. The van der Waals surface area contributed by atoms with Crippen LogP contribution in [0.2, 0.25) is 0 Å². The lowest BCUT2D eigenvalue weighted by Crippen LogP contribution is -2.41. The molecule has 114 valence electrons. The third kappa shape index (κ3) is 4.04. The van der Waals surface area contributed by atoms with Crippen molar-refractivity contribution in [3.05, 3.63) is 17.0 Å². The molecule has 1 heterocycles. The van der Waals surface area contributed by atoms with E-state index in [0.717, 1.165) is 25.7 Å². The van der Waals surface area contributed by atoms with Gasteiger partial charge in [-0.05, 0) is 25.0 Å². The average Bonchev–Trinajstić information content (AvgIpc) is 3.05. The second-order valence-corrected chi connectivity index (χ2v) is 6.19. The number of hydrogen-bond donors (Lipinski definition) is 2. The molecule has 1 aliphatic carbocycles. The van der Waals surface area contributed by atoms with E-state index in [9.17, 15) is 14.4 Å². The summed E-state index contributed by atoms with van der Waals surface area (Å²) >= 11 is 1.17. The molecule has 1 aliphatic rings. The summed E-state index contributed by atoms with van der Waals surface area (Å²) in [6.45, 7) is 1.12. The molecule has 0 bridgehead atoms. The van der Waals surface area contributed by atoms with Gasteiger partial charge in [-0.1, -0.05) is 12.8 Å². The van der Waals surface area contributed by atoms with Crippen molar-refractivity contribution in [1.82, 2.24) is 4.90 Å². The smallest absolute Gasteiger partial charge is 0.323 e. The summed E-state index contributed by atoms with van der Waals surface area (Å²) in [4.78, 5) is 36.4. The van der Waals surface area contributed by atoms with Crippen molar-refractivity contribution in [2.45, 2.75) is 38.6 Å². The SMILES string of the molecule is CC(=O)Nc1ccc(C(=O)N(CC(=O)O)C2CCCC2)s1. The van der Waals surface area contributed by atoms with Crippen LogP contribution in [0.3, 0.4) is 0 Å². The van der Waals surface area contributed by atoms with Gasteiger partial charge >= 0.3 is 5.97 Å². The van der Waals surface area contributed by atoms with E-state index in [0.29, 0.717) is 9.88 Å². The maximum atomic E-state index is 12.5. The molecule has 0 spiro atoms. The Kier molecular flexibility index (Phi) is 4.95. The molecule has 1 aromatic heterocycles. The van der Waals surface area contributed by atoms with E-state index in [4.69, 9.17) is 5.11 Å². The first-order valence-corrected chi connectivity index (χ1v) is 7.69. The minimum absolute atomic E-state index is 0.0000775. The number of aliphatic carboxylic acids is 1. The molecule has 1 aromatic rings. The minimum Gasteiger partial charge on any atom is -0.480 e. The second kappa shape index (κ2) is 6.71. The van der Waals surface area contributed by atoms with Gasteiger partial charge in [-0.15, -0.1) is 11.3 Å². The van der Waals surface area contributed by atoms with Gasteiger partial charge in [0.1, 0.15) is 6.54 Å². The zero-order chi connectivity index (χ0) is 15.4. The third-order valence-electron chi connectivity index (χ3n) is 3.45. The van der Waals surface area contributed by atoms with E-state index in [1.165, 1.54) is 23.2 Å². The average molecular weight is 310 g/mol. The number of nitrogens with zero attached hydrogens (tertiary/aromatic N) is 1. The molecule has 0 saturated heterocycles. The Morgan fingerprint density at radius 3 is 2.57 bits per heavy atom. The first-order valence-electron chi connectivity index (χ1n) is 6.87. The lowest BCUT2D eigenvalue weighted by atomic mass is 10.2. The van der Waals surface area contributed by atoms with Crippen molar-refractivity contribution in [1.29, 1.82) is 0 Å². The summed E-state index contributed by atoms with van der Waals surface area (Å²) in [6, 6.07) is 3.29. The van der Waals surface area contributed by atoms with Crippen LogP contribution in [0.5, 0.6) is 0 Å². The fraction of sp³-hybridized carbons (Fsp3) is 0.500. The number of nitrogens with one attached hydrogen (secondary N) is 1. The Bertz CT molecular complexity index is 549. The van der Waals surface area contributed by atoms with Gasteiger partial charge in [0.15, 0.2) is 0 Å². The van der Waals surface area contributed by atoms with E-state index in [1.54, 1.807) is 12.1 Å². The summed E-state index contributed by atoms with van der Waals surface area (Å²) in [7, 11) is 0. The van der Waals surface area contributed by atoms with Crippen LogP contribution in [0, 0.1) is 0 Å². The zero-order valence-corrected chi connectivity index (χ0v) is 12.6. The Balaban J connectivity index is 2.14. The quantitative estimate of drug-likeness (QED) is 0.872. The largest absolute Gasteiger partial charge is 0.480 e. The summed E-state index contributed by atoms with van der Waals surface area (Å²) < 4.78 is 0. The third-order valence-corrected chi connectivity index (χ3v) is 4.44. The van der Waals surface area contributed by atoms with Gasteiger partial charge in [-0.3, -0.25) is 14.4 Å². The fourth-order valence-electron chi connectivity index (χ4n) is 2.56. The monoisotopic (exact) mass is 310 g/mol. The fourth-order valence-corrected chi connectivity index (χ4v) is 3.47. The molecule has 1 fully saturated rings.